The van der Waals surface area contributed by atoms with Crippen molar-refractivity contribution in [2.75, 3.05) is 0 Å². The molecule has 1 heterocycles. The van der Waals surface area contributed by atoms with Crippen molar-refractivity contribution in [2.45, 2.75) is 75.1 Å². The third kappa shape index (κ3) is 2.33. The summed E-state index contributed by atoms with van der Waals surface area (Å²) in [5, 5.41) is 12.7. The van der Waals surface area contributed by atoms with Gasteiger partial charge in [-0.15, -0.1) is 11.8 Å². The zero-order valence-electron chi connectivity index (χ0n) is 12.2. The smallest absolute Gasteiger partial charge is 0.192 e. The van der Waals surface area contributed by atoms with Crippen molar-refractivity contribution in [3.05, 3.63) is 11.5 Å². The van der Waals surface area contributed by atoms with E-state index in [1.165, 1.54) is 0 Å². The molecule has 0 aromatic carbocycles. The minimum Gasteiger partial charge on any atom is -0.409 e. The van der Waals surface area contributed by atoms with Gasteiger partial charge in [-0.3, -0.25) is 0 Å². The van der Waals surface area contributed by atoms with Gasteiger partial charge in [0.1, 0.15) is 0 Å². The van der Waals surface area contributed by atoms with Crippen molar-refractivity contribution in [1.82, 2.24) is 0 Å². The number of aliphatic hydroxyl groups excluding tert-OH is 1. The predicted molar refractivity (Wildman–Crippen MR) is 81.4 cm³/mol. The molecule has 4 heteroatoms. The molecule has 0 amide bonds. The molecule has 18 heavy (non-hydrogen) atoms. The maximum absolute atomic E-state index is 10.3. The van der Waals surface area contributed by atoms with Gasteiger partial charge in [0, 0.05) is 0 Å². The van der Waals surface area contributed by atoms with E-state index in [0.717, 1.165) is 19.3 Å². The Labute approximate surface area is 116 Å². The van der Waals surface area contributed by atoms with Crippen LogP contribution in [0.3, 0.4) is 0 Å². The van der Waals surface area contributed by atoms with Gasteiger partial charge < -0.3 is 9.53 Å². The third-order valence-corrected chi connectivity index (χ3v) is 10.8. The van der Waals surface area contributed by atoms with Gasteiger partial charge in [-0.1, -0.05) is 20.8 Å². The second-order valence-electron chi connectivity index (χ2n) is 7.11. The summed E-state index contributed by atoms with van der Waals surface area (Å²) < 4.78 is 6.45. The summed E-state index contributed by atoms with van der Waals surface area (Å²) in [6, 6.07) is 0. The van der Waals surface area contributed by atoms with Gasteiger partial charge in [0.25, 0.3) is 0 Å². The first-order valence-corrected chi connectivity index (χ1v) is 10.7. The molecule has 0 bridgehead atoms. The van der Waals surface area contributed by atoms with Crippen molar-refractivity contribution < 1.29 is 9.53 Å². The standard InChI is InChI=1S/C14H26O2SSi/c1-13(2,3)18(4,5)16-12-8-10-17-14(12)9-6-7-11(14)15/h8,10-12,15H,6-7,9H2,1-5H3/t11-,12-,14-/m0/s1. The number of rotatable bonds is 2. The summed E-state index contributed by atoms with van der Waals surface area (Å²) in [5.41, 5.74) is 0. The van der Waals surface area contributed by atoms with Crippen LogP contribution in [0.5, 0.6) is 0 Å². The minimum absolute atomic E-state index is 0.0878. The molecule has 0 unspecified atom stereocenters. The zero-order chi connectivity index (χ0) is 13.6. The van der Waals surface area contributed by atoms with E-state index < -0.39 is 8.32 Å². The summed E-state index contributed by atoms with van der Waals surface area (Å²) in [5.74, 6) is 0. The summed E-state index contributed by atoms with van der Waals surface area (Å²) in [6.45, 7) is 11.4. The Kier molecular flexibility index (Phi) is 3.78. The van der Waals surface area contributed by atoms with E-state index in [4.69, 9.17) is 4.43 Å². The topological polar surface area (TPSA) is 29.5 Å². The van der Waals surface area contributed by atoms with Crippen LogP contribution in [-0.2, 0) is 4.43 Å². The highest BCUT2D eigenvalue weighted by Gasteiger charge is 2.53. The molecule has 1 spiro atoms. The van der Waals surface area contributed by atoms with Crippen LogP contribution in [0, 0.1) is 0 Å². The number of thioether (sulfide) groups is 1. The molecule has 104 valence electrons. The molecule has 0 aromatic rings. The highest BCUT2D eigenvalue weighted by molar-refractivity contribution is 8.03. The molecule has 1 saturated carbocycles. The van der Waals surface area contributed by atoms with Crippen LogP contribution in [0.15, 0.2) is 11.5 Å². The largest absolute Gasteiger partial charge is 0.409 e. The van der Waals surface area contributed by atoms with Gasteiger partial charge in [0.15, 0.2) is 8.32 Å². The van der Waals surface area contributed by atoms with Crippen molar-refractivity contribution in [3.63, 3.8) is 0 Å². The Hall–Kier alpha value is 0.227. The van der Waals surface area contributed by atoms with E-state index in [1.54, 1.807) is 11.8 Å². The Morgan fingerprint density at radius 2 is 2.06 bits per heavy atom. The van der Waals surface area contributed by atoms with Crippen LogP contribution in [0.1, 0.15) is 40.0 Å². The van der Waals surface area contributed by atoms with Crippen LogP contribution in [0.25, 0.3) is 0 Å². The Balaban J connectivity index is 2.16. The molecule has 2 nitrogen and oxygen atoms in total. The van der Waals surface area contributed by atoms with E-state index >= 15 is 0 Å². The van der Waals surface area contributed by atoms with Gasteiger partial charge >= 0.3 is 0 Å². The molecule has 2 aliphatic rings. The Morgan fingerprint density at radius 1 is 1.39 bits per heavy atom. The van der Waals surface area contributed by atoms with Crippen LogP contribution in [0.2, 0.25) is 18.1 Å². The van der Waals surface area contributed by atoms with E-state index in [0.29, 0.717) is 0 Å². The maximum atomic E-state index is 10.3. The van der Waals surface area contributed by atoms with Gasteiger partial charge in [0.05, 0.1) is 17.0 Å². The van der Waals surface area contributed by atoms with Gasteiger partial charge in [0.2, 0.25) is 0 Å². The van der Waals surface area contributed by atoms with Crippen LogP contribution in [0.4, 0.5) is 0 Å². The Bertz CT molecular complexity index is 348. The molecule has 2 rings (SSSR count). The maximum Gasteiger partial charge on any atom is 0.192 e. The summed E-state index contributed by atoms with van der Waals surface area (Å²) in [7, 11) is -1.77. The van der Waals surface area contributed by atoms with Crippen LogP contribution >= 0.6 is 11.8 Å². The summed E-state index contributed by atoms with van der Waals surface area (Å²) >= 11 is 1.79. The fraction of sp³-hybridized carbons (Fsp3) is 0.857. The van der Waals surface area contributed by atoms with Crippen molar-refractivity contribution in [3.8, 4) is 0 Å². The highest BCUT2D eigenvalue weighted by Crippen LogP contribution is 2.52. The normalized spacial score (nSPS) is 36.8. The molecule has 1 aliphatic carbocycles. The lowest BCUT2D eigenvalue weighted by molar-refractivity contribution is 0.0856. The van der Waals surface area contributed by atoms with Crippen LogP contribution < -0.4 is 0 Å². The fourth-order valence-electron chi connectivity index (χ4n) is 2.55. The summed E-state index contributed by atoms with van der Waals surface area (Å²) in [6.07, 6.45) is 5.16. The van der Waals surface area contributed by atoms with Crippen molar-refractivity contribution in [2.24, 2.45) is 0 Å². The second-order valence-corrected chi connectivity index (χ2v) is 13.1. The number of hydrogen-bond donors (Lipinski definition) is 1. The monoisotopic (exact) mass is 286 g/mol. The average molecular weight is 287 g/mol. The highest BCUT2D eigenvalue weighted by atomic mass is 32.2. The number of aliphatic hydroxyl groups is 1. The lowest BCUT2D eigenvalue weighted by atomic mass is 9.98. The third-order valence-electron chi connectivity index (χ3n) is 4.86. The SMILES string of the molecule is CC(C)(C)[Si](C)(C)O[C@H]1C=CS[C@]12CCC[C@@H]2O. The predicted octanol–water partition coefficient (Wildman–Crippen LogP) is 3.92. The average Bonchev–Trinajstić information content (AvgIpc) is 2.76. The second kappa shape index (κ2) is 4.65. The molecule has 0 aromatic heterocycles. The first-order valence-electron chi connectivity index (χ1n) is 6.89. The van der Waals surface area contributed by atoms with Gasteiger partial charge in [-0.05, 0) is 48.9 Å². The molecule has 1 fully saturated rings. The quantitative estimate of drug-likeness (QED) is 0.780. The molecular formula is C14H26O2SSi. The lowest BCUT2D eigenvalue weighted by Gasteiger charge is -2.43. The van der Waals surface area contributed by atoms with E-state index in [-0.39, 0.29) is 22.0 Å². The fourth-order valence-corrected chi connectivity index (χ4v) is 5.19. The van der Waals surface area contributed by atoms with Gasteiger partial charge in [-0.2, -0.15) is 0 Å². The van der Waals surface area contributed by atoms with Gasteiger partial charge in [-0.25, -0.2) is 0 Å². The lowest BCUT2D eigenvalue weighted by Crippen LogP contribution is -2.51. The van der Waals surface area contributed by atoms with Crippen LogP contribution in [-0.4, -0.2) is 30.4 Å². The Morgan fingerprint density at radius 3 is 2.56 bits per heavy atom. The first-order chi connectivity index (χ1) is 8.19. The molecule has 1 N–H and O–H groups in total. The molecule has 0 radical (unpaired) electrons. The molecule has 1 aliphatic heterocycles. The zero-order valence-corrected chi connectivity index (χ0v) is 14.0. The van der Waals surface area contributed by atoms with E-state index in [2.05, 4.69) is 45.3 Å². The van der Waals surface area contributed by atoms with Crippen molar-refractivity contribution >= 4 is 20.1 Å². The molecule has 0 saturated heterocycles. The molecule has 3 atom stereocenters. The van der Waals surface area contributed by atoms with E-state index in [1.807, 2.05) is 0 Å². The minimum atomic E-state index is -1.77. The number of hydrogen-bond acceptors (Lipinski definition) is 3. The first kappa shape index (κ1) is 14.6. The molecular weight excluding hydrogens is 260 g/mol. The summed E-state index contributed by atoms with van der Waals surface area (Å²) in [4.78, 5) is 0. The van der Waals surface area contributed by atoms with Crippen molar-refractivity contribution in [1.29, 1.82) is 0 Å². The van der Waals surface area contributed by atoms with E-state index in [9.17, 15) is 5.11 Å².